The summed E-state index contributed by atoms with van der Waals surface area (Å²) in [7, 11) is 0. The molecule has 6 heteroatoms. The molecule has 0 saturated carbocycles. The number of para-hydroxylation sites is 1. The normalized spacial score (nSPS) is 10.4. The van der Waals surface area contributed by atoms with Gasteiger partial charge in [0.05, 0.1) is 11.3 Å². The Kier molecular flexibility index (Phi) is 3.10. The minimum Gasteiger partial charge on any atom is -0.317 e. The number of H-pyrrole nitrogens is 1. The Balaban J connectivity index is 2.33. The van der Waals surface area contributed by atoms with E-state index in [1.54, 1.807) is 13.8 Å². The number of amides is 1. The van der Waals surface area contributed by atoms with E-state index in [4.69, 9.17) is 0 Å². The molecule has 0 atom stereocenters. The number of benzene rings is 1. The summed E-state index contributed by atoms with van der Waals surface area (Å²) in [6.07, 6.45) is 0. The lowest BCUT2D eigenvalue weighted by atomic mass is 10.2. The molecule has 4 nitrogen and oxygen atoms in total. The molecule has 1 amide bonds. The Bertz CT molecular complexity index is 568. The molecule has 0 fully saturated rings. The van der Waals surface area contributed by atoms with Gasteiger partial charge in [0.15, 0.2) is 0 Å². The predicted octanol–water partition coefficient (Wildman–Crippen LogP) is 2.56. The van der Waals surface area contributed by atoms with Crippen molar-refractivity contribution in [2.75, 3.05) is 5.32 Å². The molecule has 2 N–H and O–H groups in total. The van der Waals surface area contributed by atoms with Crippen LogP contribution in [0.5, 0.6) is 0 Å². The maximum atomic E-state index is 13.4. The molecule has 1 aromatic heterocycles. The summed E-state index contributed by atoms with van der Waals surface area (Å²) in [5.41, 5.74) is 0.851. The maximum Gasteiger partial charge on any atom is 0.259 e. The van der Waals surface area contributed by atoms with Crippen molar-refractivity contribution < 1.29 is 13.6 Å². The smallest absolute Gasteiger partial charge is 0.259 e. The fraction of sp³-hybridized carbons (Fsp3) is 0.167. The van der Waals surface area contributed by atoms with E-state index in [0.29, 0.717) is 11.4 Å². The van der Waals surface area contributed by atoms with Gasteiger partial charge >= 0.3 is 0 Å². The van der Waals surface area contributed by atoms with E-state index in [0.717, 1.165) is 12.1 Å². The van der Waals surface area contributed by atoms with E-state index in [1.165, 1.54) is 6.07 Å². The first kappa shape index (κ1) is 12.2. The Labute approximate surface area is 102 Å². The number of nitrogens with one attached hydrogen (secondary N) is 2. The summed E-state index contributed by atoms with van der Waals surface area (Å²) < 4.78 is 26.8. The Morgan fingerprint density at radius 3 is 2.39 bits per heavy atom. The van der Waals surface area contributed by atoms with Crippen molar-refractivity contribution in [3.05, 3.63) is 46.8 Å². The number of carbonyl (C=O) groups excluding carboxylic acids is 1. The Morgan fingerprint density at radius 1 is 1.28 bits per heavy atom. The van der Waals surface area contributed by atoms with Crippen LogP contribution in [0.4, 0.5) is 14.5 Å². The van der Waals surface area contributed by atoms with Crippen molar-refractivity contribution in [2.45, 2.75) is 13.8 Å². The highest BCUT2D eigenvalue weighted by Gasteiger charge is 2.18. The number of aryl methyl sites for hydroxylation is 2. The van der Waals surface area contributed by atoms with Crippen LogP contribution >= 0.6 is 0 Å². The van der Waals surface area contributed by atoms with E-state index in [1.807, 2.05) is 0 Å². The second-order valence-corrected chi connectivity index (χ2v) is 3.86. The van der Waals surface area contributed by atoms with Crippen LogP contribution < -0.4 is 5.32 Å². The summed E-state index contributed by atoms with van der Waals surface area (Å²) >= 11 is 0. The molecular weight excluding hydrogens is 240 g/mol. The average Bonchev–Trinajstić information content (AvgIpc) is 2.64. The monoisotopic (exact) mass is 251 g/mol. The number of nitrogens with zero attached hydrogens (tertiary/aromatic N) is 1. The number of rotatable bonds is 2. The number of anilines is 1. The average molecular weight is 251 g/mol. The zero-order chi connectivity index (χ0) is 13.3. The zero-order valence-corrected chi connectivity index (χ0v) is 9.84. The van der Waals surface area contributed by atoms with Crippen LogP contribution in [0, 0.1) is 25.5 Å². The number of carbonyl (C=O) groups is 1. The Hall–Kier alpha value is -2.24. The van der Waals surface area contributed by atoms with Gasteiger partial charge in [0.25, 0.3) is 5.91 Å². The molecule has 0 aliphatic carbocycles. The van der Waals surface area contributed by atoms with Gasteiger partial charge in [-0.1, -0.05) is 6.07 Å². The van der Waals surface area contributed by atoms with Gasteiger partial charge in [0.1, 0.15) is 17.3 Å². The van der Waals surface area contributed by atoms with Crippen LogP contribution in [-0.2, 0) is 0 Å². The molecule has 1 aromatic carbocycles. The van der Waals surface area contributed by atoms with Gasteiger partial charge in [-0.15, -0.1) is 0 Å². The fourth-order valence-electron chi connectivity index (χ4n) is 1.68. The second kappa shape index (κ2) is 4.56. The van der Waals surface area contributed by atoms with E-state index in [9.17, 15) is 13.6 Å². The highest BCUT2D eigenvalue weighted by atomic mass is 19.1. The van der Waals surface area contributed by atoms with Gasteiger partial charge in [0, 0.05) is 5.69 Å². The van der Waals surface area contributed by atoms with Crippen LogP contribution in [-0.4, -0.2) is 16.1 Å². The van der Waals surface area contributed by atoms with E-state index in [2.05, 4.69) is 15.5 Å². The first-order chi connectivity index (χ1) is 8.50. The van der Waals surface area contributed by atoms with Crippen LogP contribution in [0.1, 0.15) is 21.7 Å². The maximum absolute atomic E-state index is 13.4. The molecular formula is C12H11F2N3O. The number of aromatic nitrogens is 2. The molecule has 2 rings (SSSR count). The standard InChI is InChI=1S/C12H11F2N3O/c1-6-10(7(2)17-16-6)12(18)15-11-8(13)4-3-5-9(11)14/h3-5H,1-2H3,(H,15,18)(H,16,17). The third-order valence-electron chi connectivity index (χ3n) is 2.56. The first-order valence-corrected chi connectivity index (χ1v) is 5.27. The summed E-state index contributed by atoms with van der Waals surface area (Å²) in [5.74, 6) is -2.23. The lowest BCUT2D eigenvalue weighted by Crippen LogP contribution is -2.15. The van der Waals surface area contributed by atoms with Crippen molar-refractivity contribution in [1.29, 1.82) is 0 Å². The van der Waals surface area contributed by atoms with Gasteiger partial charge in [-0.2, -0.15) is 5.10 Å². The molecule has 0 aliphatic rings. The summed E-state index contributed by atoms with van der Waals surface area (Å²) in [6, 6.07) is 3.39. The van der Waals surface area contributed by atoms with Crippen LogP contribution in [0.3, 0.4) is 0 Å². The quantitative estimate of drug-likeness (QED) is 0.861. The molecule has 0 spiro atoms. The van der Waals surface area contributed by atoms with Crippen LogP contribution in [0.15, 0.2) is 18.2 Å². The Morgan fingerprint density at radius 2 is 1.89 bits per heavy atom. The van der Waals surface area contributed by atoms with Crippen molar-refractivity contribution in [1.82, 2.24) is 10.2 Å². The van der Waals surface area contributed by atoms with Gasteiger partial charge in [-0.25, -0.2) is 8.78 Å². The largest absolute Gasteiger partial charge is 0.317 e. The summed E-state index contributed by atoms with van der Waals surface area (Å²) in [5, 5.41) is 8.70. The molecule has 1 heterocycles. The first-order valence-electron chi connectivity index (χ1n) is 5.27. The molecule has 0 saturated heterocycles. The zero-order valence-electron chi connectivity index (χ0n) is 9.84. The van der Waals surface area contributed by atoms with Gasteiger partial charge in [0.2, 0.25) is 0 Å². The van der Waals surface area contributed by atoms with Crippen LogP contribution in [0.25, 0.3) is 0 Å². The summed E-state index contributed by atoms with van der Waals surface area (Å²) in [6.45, 7) is 3.29. The SMILES string of the molecule is Cc1n[nH]c(C)c1C(=O)Nc1c(F)cccc1F. The number of hydrogen-bond donors (Lipinski definition) is 2. The number of hydrogen-bond acceptors (Lipinski definition) is 2. The molecule has 18 heavy (non-hydrogen) atoms. The van der Waals surface area contributed by atoms with E-state index in [-0.39, 0.29) is 5.56 Å². The van der Waals surface area contributed by atoms with Gasteiger partial charge in [-0.3, -0.25) is 9.89 Å². The van der Waals surface area contributed by atoms with E-state index < -0.39 is 23.2 Å². The fourth-order valence-corrected chi connectivity index (χ4v) is 1.68. The molecule has 0 aliphatic heterocycles. The van der Waals surface area contributed by atoms with Gasteiger partial charge in [-0.05, 0) is 26.0 Å². The lowest BCUT2D eigenvalue weighted by molar-refractivity contribution is 0.102. The molecule has 0 radical (unpaired) electrons. The number of aromatic amines is 1. The van der Waals surface area contributed by atoms with Crippen molar-refractivity contribution >= 4 is 11.6 Å². The minimum atomic E-state index is -0.817. The molecule has 0 bridgehead atoms. The van der Waals surface area contributed by atoms with Crippen molar-refractivity contribution in [3.63, 3.8) is 0 Å². The highest BCUT2D eigenvalue weighted by molar-refractivity contribution is 6.05. The van der Waals surface area contributed by atoms with E-state index >= 15 is 0 Å². The van der Waals surface area contributed by atoms with Crippen LogP contribution in [0.2, 0.25) is 0 Å². The third kappa shape index (κ3) is 2.09. The summed E-state index contributed by atoms with van der Waals surface area (Å²) in [4.78, 5) is 11.9. The topological polar surface area (TPSA) is 57.8 Å². The number of halogens is 2. The molecule has 94 valence electrons. The highest BCUT2D eigenvalue weighted by Crippen LogP contribution is 2.20. The van der Waals surface area contributed by atoms with Crippen molar-refractivity contribution in [2.24, 2.45) is 0 Å². The second-order valence-electron chi connectivity index (χ2n) is 3.86. The third-order valence-corrected chi connectivity index (χ3v) is 2.56. The predicted molar refractivity (Wildman–Crippen MR) is 62.4 cm³/mol. The lowest BCUT2D eigenvalue weighted by Gasteiger charge is -2.07. The minimum absolute atomic E-state index is 0.289. The van der Waals surface area contributed by atoms with Crippen molar-refractivity contribution in [3.8, 4) is 0 Å². The molecule has 0 unspecified atom stereocenters. The molecule has 2 aromatic rings. The van der Waals surface area contributed by atoms with Gasteiger partial charge < -0.3 is 5.32 Å².